The van der Waals surface area contributed by atoms with Gasteiger partial charge in [-0.2, -0.15) is 0 Å². The van der Waals surface area contributed by atoms with Crippen LogP contribution in [-0.4, -0.2) is 20.1 Å². The van der Waals surface area contributed by atoms with Crippen molar-refractivity contribution in [3.8, 4) is 0 Å². The molecule has 166 valence electrons. The number of hydrogen-bond acceptors (Lipinski definition) is 5. The Hall–Kier alpha value is -1.86. The van der Waals surface area contributed by atoms with Crippen molar-refractivity contribution in [3.63, 3.8) is 0 Å². The molecule has 2 aromatic rings. The minimum atomic E-state index is -3.32. The van der Waals surface area contributed by atoms with Gasteiger partial charge in [0, 0.05) is 16.3 Å². The fourth-order valence-corrected chi connectivity index (χ4v) is 5.36. The molecule has 0 unspecified atom stereocenters. The molecule has 0 aliphatic heterocycles. The van der Waals surface area contributed by atoms with Crippen LogP contribution in [0.15, 0.2) is 39.9 Å². The van der Waals surface area contributed by atoms with E-state index in [0.717, 1.165) is 12.8 Å². The zero-order valence-electron chi connectivity index (χ0n) is 17.9. The highest BCUT2D eigenvalue weighted by Crippen LogP contribution is 2.24. The molecule has 1 aromatic heterocycles. The van der Waals surface area contributed by atoms with Crippen LogP contribution in [0, 0.1) is 0 Å². The molecule has 0 spiro atoms. The first kappa shape index (κ1) is 24.4. The Morgan fingerprint density at radius 1 is 0.900 bits per heavy atom. The summed E-state index contributed by atoms with van der Waals surface area (Å²) < 4.78 is 25.1. The Kier molecular flexibility index (Phi) is 10.4. The predicted octanol–water partition coefficient (Wildman–Crippen LogP) is 6.28. The van der Waals surface area contributed by atoms with E-state index in [2.05, 4.69) is 12.2 Å². The maximum absolute atomic E-state index is 12.5. The van der Waals surface area contributed by atoms with E-state index < -0.39 is 9.84 Å². The number of anilines is 2. The van der Waals surface area contributed by atoms with Gasteiger partial charge in [-0.05, 0) is 30.7 Å². The summed E-state index contributed by atoms with van der Waals surface area (Å²) in [5, 5.41) is 6.25. The van der Waals surface area contributed by atoms with E-state index in [-0.39, 0.29) is 16.6 Å². The lowest BCUT2D eigenvalue weighted by atomic mass is 10.1. The molecule has 0 aliphatic carbocycles. The van der Waals surface area contributed by atoms with Crippen LogP contribution >= 0.6 is 11.3 Å². The minimum absolute atomic E-state index is 0.153. The van der Waals surface area contributed by atoms with Crippen LogP contribution in [0.4, 0.5) is 11.4 Å². The van der Waals surface area contributed by atoms with Crippen LogP contribution in [0.25, 0.3) is 0 Å². The largest absolute Gasteiger partial charge is 0.396 e. The van der Waals surface area contributed by atoms with E-state index >= 15 is 0 Å². The third kappa shape index (κ3) is 8.11. The lowest BCUT2D eigenvalue weighted by Gasteiger charge is -2.07. The summed E-state index contributed by atoms with van der Waals surface area (Å²) in [7, 11) is -3.32. The number of benzene rings is 1. The van der Waals surface area contributed by atoms with Gasteiger partial charge in [-0.3, -0.25) is 4.79 Å². The summed E-state index contributed by atoms with van der Waals surface area (Å²) in [4.78, 5) is 12.6. The van der Waals surface area contributed by atoms with Crippen molar-refractivity contribution < 1.29 is 13.2 Å². The molecule has 1 heterocycles. The highest BCUT2D eigenvalue weighted by molar-refractivity contribution is 7.91. The normalized spacial score (nSPS) is 11.5. The van der Waals surface area contributed by atoms with Crippen molar-refractivity contribution in [1.82, 2.24) is 0 Å². The second-order valence-corrected chi connectivity index (χ2v) is 10.6. The summed E-state index contributed by atoms with van der Waals surface area (Å²) >= 11 is 1.41. The van der Waals surface area contributed by atoms with Crippen LogP contribution in [0.5, 0.6) is 0 Å². The fourth-order valence-electron chi connectivity index (χ4n) is 3.31. The van der Waals surface area contributed by atoms with Crippen molar-refractivity contribution >= 4 is 38.5 Å². The quantitative estimate of drug-likeness (QED) is 0.332. The SMILES string of the molecule is CCCCCCCCCCCCS(=O)(=O)c1ccc(C(=O)Nc2cscc2N)cc1. The third-order valence-electron chi connectivity index (χ3n) is 5.18. The number of sulfone groups is 1. The van der Waals surface area contributed by atoms with Crippen molar-refractivity contribution in [2.45, 2.75) is 76.0 Å². The molecular formula is C23H34N2O3S2. The van der Waals surface area contributed by atoms with Gasteiger partial charge in [-0.1, -0.05) is 64.7 Å². The number of unbranched alkanes of at least 4 members (excludes halogenated alkanes) is 9. The van der Waals surface area contributed by atoms with Gasteiger partial charge in [0.05, 0.1) is 22.0 Å². The predicted molar refractivity (Wildman–Crippen MR) is 127 cm³/mol. The van der Waals surface area contributed by atoms with Gasteiger partial charge in [-0.15, -0.1) is 11.3 Å². The van der Waals surface area contributed by atoms with Crippen LogP contribution in [0.2, 0.25) is 0 Å². The van der Waals surface area contributed by atoms with Gasteiger partial charge in [0.1, 0.15) is 0 Å². The molecule has 0 saturated carbocycles. The molecule has 1 amide bonds. The first-order chi connectivity index (χ1) is 14.4. The second kappa shape index (κ2) is 12.7. The molecule has 0 atom stereocenters. The number of nitrogens with one attached hydrogen (secondary N) is 1. The van der Waals surface area contributed by atoms with Crippen molar-refractivity contribution in [2.24, 2.45) is 0 Å². The third-order valence-corrected chi connectivity index (χ3v) is 7.76. The number of carbonyl (C=O) groups is 1. The van der Waals surface area contributed by atoms with E-state index in [4.69, 9.17) is 5.73 Å². The van der Waals surface area contributed by atoms with Crippen LogP contribution < -0.4 is 11.1 Å². The summed E-state index contributed by atoms with van der Waals surface area (Å²) in [5.41, 5.74) is 7.26. The van der Waals surface area contributed by atoms with Crippen LogP contribution in [0.1, 0.15) is 81.5 Å². The van der Waals surface area contributed by atoms with Crippen molar-refractivity contribution in [1.29, 1.82) is 0 Å². The Labute approximate surface area is 185 Å². The lowest BCUT2D eigenvalue weighted by Crippen LogP contribution is -2.13. The van der Waals surface area contributed by atoms with Gasteiger partial charge in [0.2, 0.25) is 0 Å². The van der Waals surface area contributed by atoms with E-state index in [1.54, 1.807) is 22.9 Å². The number of hydrogen-bond donors (Lipinski definition) is 2. The zero-order valence-corrected chi connectivity index (χ0v) is 19.5. The minimum Gasteiger partial charge on any atom is -0.396 e. The molecule has 1 aromatic carbocycles. The highest BCUT2D eigenvalue weighted by Gasteiger charge is 2.15. The highest BCUT2D eigenvalue weighted by atomic mass is 32.2. The number of rotatable bonds is 14. The number of amides is 1. The molecule has 30 heavy (non-hydrogen) atoms. The molecule has 0 fully saturated rings. The molecule has 0 saturated heterocycles. The summed E-state index contributed by atoms with van der Waals surface area (Å²) in [5.74, 6) is -0.153. The van der Waals surface area contributed by atoms with Crippen molar-refractivity contribution in [3.05, 3.63) is 40.6 Å². The van der Waals surface area contributed by atoms with E-state index in [1.807, 2.05) is 0 Å². The summed E-state index contributed by atoms with van der Waals surface area (Å²) in [6, 6.07) is 6.11. The molecule has 2 rings (SSSR count). The van der Waals surface area contributed by atoms with Crippen LogP contribution in [-0.2, 0) is 9.84 Å². The fraction of sp³-hybridized carbons (Fsp3) is 0.522. The van der Waals surface area contributed by atoms with Gasteiger partial charge >= 0.3 is 0 Å². The second-order valence-electron chi connectivity index (χ2n) is 7.72. The Morgan fingerprint density at radius 2 is 1.47 bits per heavy atom. The van der Waals surface area contributed by atoms with Crippen LogP contribution in [0.3, 0.4) is 0 Å². The maximum atomic E-state index is 12.5. The van der Waals surface area contributed by atoms with Gasteiger partial charge in [-0.25, -0.2) is 8.42 Å². The summed E-state index contributed by atoms with van der Waals surface area (Å²) in [6.45, 7) is 2.22. The number of carbonyl (C=O) groups excluding carboxylic acids is 1. The first-order valence-corrected chi connectivity index (χ1v) is 13.5. The summed E-state index contributed by atoms with van der Waals surface area (Å²) in [6.07, 6.45) is 11.7. The molecule has 5 nitrogen and oxygen atoms in total. The molecule has 7 heteroatoms. The Balaban J connectivity index is 1.71. The zero-order chi connectivity index (χ0) is 21.8. The number of nitrogens with two attached hydrogens (primary N) is 1. The smallest absolute Gasteiger partial charge is 0.255 e. The topological polar surface area (TPSA) is 89.3 Å². The van der Waals surface area contributed by atoms with E-state index in [9.17, 15) is 13.2 Å². The number of thiophene rings is 1. The Bertz CT molecular complexity index is 874. The maximum Gasteiger partial charge on any atom is 0.255 e. The average Bonchev–Trinajstić information content (AvgIpc) is 3.14. The lowest BCUT2D eigenvalue weighted by molar-refractivity contribution is 0.102. The van der Waals surface area contributed by atoms with Gasteiger partial charge in [0.25, 0.3) is 5.91 Å². The molecule has 0 radical (unpaired) electrons. The van der Waals surface area contributed by atoms with E-state index in [1.165, 1.54) is 68.4 Å². The van der Waals surface area contributed by atoms with Gasteiger partial charge < -0.3 is 11.1 Å². The molecule has 0 bridgehead atoms. The number of nitrogen functional groups attached to an aromatic ring is 1. The molecular weight excluding hydrogens is 416 g/mol. The molecule has 3 N–H and O–H groups in total. The monoisotopic (exact) mass is 450 g/mol. The van der Waals surface area contributed by atoms with Crippen molar-refractivity contribution in [2.75, 3.05) is 16.8 Å². The van der Waals surface area contributed by atoms with Gasteiger partial charge in [0.15, 0.2) is 9.84 Å². The first-order valence-electron chi connectivity index (χ1n) is 10.9. The average molecular weight is 451 g/mol. The van der Waals surface area contributed by atoms with E-state index in [0.29, 0.717) is 23.4 Å². The molecule has 0 aliphatic rings. The standard InChI is InChI=1S/C23H34N2O3S2/c1-2-3-4-5-6-7-8-9-10-11-16-30(27,28)20-14-12-19(13-15-20)23(26)25-22-18-29-17-21(22)24/h12-15,17-18H,2-11,16,24H2,1H3,(H,25,26). The Morgan fingerprint density at radius 3 is 2.00 bits per heavy atom.